The number of hydrazine groups is 1. The Kier molecular flexibility index (Phi) is 10.3. The van der Waals surface area contributed by atoms with Crippen molar-refractivity contribution in [1.82, 2.24) is 26.1 Å². The van der Waals surface area contributed by atoms with E-state index in [0.717, 1.165) is 16.5 Å². The van der Waals surface area contributed by atoms with E-state index in [9.17, 15) is 19.2 Å². The van der Waals surface area contributed by atoms with Crippen molar-refractivity contribution in [3.05, 3.63) is 47.7 Å². The standard InChI is InChI=1S/C29H36N6O5/c1-6-8-20-10-11-21-12-13-22(32-24(21)15-20)19(5)40-29(39)23-9-7-14-35(34-23)28(38)18(4)31-27(37)26(17(2)3)33-25(36)16-30/h6,8,10-13,15,17-19,23,26,34H,7,9,14H2,1-5H3,(H,31,37)(H,33,36)/b8-6+/t18-,19+,23-,26-/m0/s1. The molecule has 0 bridgehead atoms. The van der Waals surface area contributed by atoms with Gasteiger partial charge in [-0.15, -0.1) is 0 Å². The Morgan fingerprint density at radius 3 is 2.55 bits per heavy atom. The molecule has 1 fully saturated rings. The highest BCUT2D eigenvalue weighted by atomic mass is 16.5. The van der Waals surface area contributed by atoms with Crippen molar-refractivity contribution in [2.24, 2.45) is 5.92 Å². The number of nitrogens with one attached hydrogen (secondary N) is 3. The minimum Gasteiger partial charge on any atom is -0.455 e. The van der Waals surface area contributed by atoms with Gasteiger partial charge in [-0.05, 0) is 57.2 Å². The fourth-order valence-electron chi connectivity index (χ4n) is 4.41. The average Bonchev–Trinajstić information content (AvgIpc) is 2.94. The number of rotatable bonds is 9. The van der Waals surface area contributed by atoms with E-state index in [4.69, 9.17) is 10.00 Å². The number of pyridine rings is 1. The highest BCUT2D eigenvalue weighted by molar-refractivity contribution is 5.96. The summed E-state index contributed by atoms with van der Waals surface area (Å²) in [7, 11) is 0. The Hall–Kier alpha value is -4.30. The molecule has 1 aromatic heterocycles. The summed E-state index contributed by atoms with van der Waals surface area (Å²) in [6, 6.07) is 8.50. The Morgan fingerprint density at radius 2 is 1.88 bits per heavy atom. The minimum absolute atomic E-state index is 0.304. The zero-order valence-electron chi connectivity index (χ0n) is 23.4. The van der Waals surface area contributed by atoms with Gasteiger partial charge >= 0.3 is 11.9 Å². The zero-order chi connectivity index (χ0) is 29.4. The Bertz CT molecular complexity index is 1330. The number of benzene rings is 1. The van der Waals surface area contributed by atoms with E-state index < -0.39 is 47.9 Å². The molecule has 2 heterocycles. The quantitative estimate of drug-likeness (QED) is 0.319. The summed E-state index contributed by atoms with van der Waals surface area (Å²) < 4.78 is 5.71. The number of amides is 3. The fraction of sp³-hybridized carbons (Fsp3) is 0.448. The monoisotopic (exact) mass is 548 g/mol. The lowest BCUT2D eigenvalue weighted by Gasteiger charge is -2.35. The molecule has 11 heteroatoms. The van der Waals surface area contributed by atoms with Gasteiger partial charge in [0.2, 0.25) is 5.91 Å². The number of aromatic nitrogens is 1. The van der Waals surface area contributed by atoms with Gasteiger partial charge in [0.1, 0.15) is 24.2 Å². The normalized spacial score (nSPS) is 17.6. The summed E-state index contributed by atoms with van der Waals surface area (Å²) >= 11 is 0. The van der Waals surface area contributed by atoms with Crippen LogP contribution < -0.4 is 16.1 Å². The van der Waals surface area contributed by atoms with Crippen LogP contribution >= 0.6 is 0 Å². The van der Waals surface area contributed by atoms with E-state index >= 15 is 0 Å². The van der Waals surface area contributed by atoms with Gasteiger partial charge in [-0.25, -0.2) is 10.4 Å². The number of fused-ring (bicyclic) bond motifs is 1. The molecule has 3 N–H and O–H groups in total. The first-order valence-electron chi connectivity index (χ1n) is 13.4. The number of hydrogen-bond acceptors (Lipinski definition) is 8. The van der Waals surface area contributed by atoms with Crippen LogP contribution in [0.15, 0.2) is 36.4 Å². The summed E-state index contributed by atoms with van der Waals surface area (Å²) in [6.07, 6.45) is 4.37. The third-order valence-corrected chi connectivity index (χ3v) is 6.61. The summed E-state index contributed by atoms with van der Waals surface area (Å²) in [5.74, 6) is -2.77. The second kappa shape index (κ2) is 13.7. The average molecular weight is 549 g/mol. The van der Waals surface area contributed by atoms with Crippen LogP contribution in [0.2, 0.25) is 0 Å². The van der Waals surface area contributed by atoms with Gasteiger partial charge in [-0.2, -0.15) is 5.26 Å². The van der Waals surface area contributed by atoms with E-state index in [0.29, 0.717) is 25.1 Å². The van der Waals surface area contributed by atoms with Gasteiger partial charge in [-0.1, -0.05) is 44.2 Å². The second-order valence-electron chi connectivity index (χ2n) is 10.1. The number of hydrogen-bond donors (Lipinski definition) is 3. The molecule has 3 amide bonds. The first-order valence-corrected chi connectivity index (χ1v) is 13.4. The third kappa shape index (κ3) is 7.64. The molecule has 1 aliphatic rings. The summed E-state index contributed by atoms with van der Waals surface area (Å²) in [5.41, 5.74) is 5.36. The molecule has 1 aromatic carbocycles. The minimum atomic E-state index is -0.973. The summed E-state index contributed by atoms with van der Waals surface area (Å²) in [4.78, 5) is 54.9. The Morgan fingerprint density at radius 1 is 1.15 bits per heavy atom. The topological polar surface area (TPSA) is 154 Å². The molecule has 0 saturated carbocycles. The molecule has 212 valence electrons. The molecule has 0 radical (unpaired) electrons. The van der Waals surface area contributed by atoms with E-state index in [1.54, 1.807) is 20.8 Å². The molecule has 11 nitrogen and oxygen atoms in total. The van der Waals surface area contributed by atoms with Crippen LogP contribution in [0.25, 0.3) is 17.0 Å². The molecule has 0 spiro atoms. The first-order chi connectivity index (χ1) is 19.0. The molecule has 1 aliphatic heterocycles. The third-order valence-electron chi connectivity index (χ3n) is 6.61. The fourth-order valence-corrected chi connectivity index (χ4v) is 4.41. The van der Waals surface area contributed by atoms with Crippen molar-refractivity contribution >= 4 is 40.7 Å². The number of ether oxygens (including phenoxy) is 1. The Balaban J connectivity index is 1.61. The predicted molar refractivity (Wildman–Crippen MR) is 149 cm³/mol. The van der Waals surface area contributed by atoms with Crippen LogP contribution in [-0.4, -0.2) is 58.4 Å². The molecule has 3 rings (SSSR count). The maximum absolute atomic E-state index is 13.1. The Labute approximate surface area is 233 Å². The second-order valence-corrected chi connectivity index (χ2v) is 10.1. The number of nitriles is 1. The largest absolute Gasteiger partial charge is 0.455 e. The van der Waals surface area contributed by atoms with Crippen LogP contribution in [-0.2, 0) is 23.9 Å². The maximum Gasteiger partial charge on any atom is 0.325 e. The summed E-state index contributed by atoms with van der Waals surface area (Å²) in [5, 5.41) is 16.0. The zero-order valence-corrected chi connectivity index (χ0v) is 23.4. The molecule has 2 aromatic rings. The first kappa shape index (κ1) is 30.2. The van der Waals surface area contributed by atoms with E-state index in [2.05, 4.69) is 21.0 Å². The van der Waals surface area contributed by atoms with Crippen LogP contribution in [0.3, 0.4) is 0 Å². The van der Waals surface area contributed by atoms with Gasteiger partial charge < -0.3 is 15.4 Å². The van der Waals surface area contributed by atoms with E-state index in [-0.39, 0.29) is 5.92 Å². The van der Waals surface area contributed by atoms with E-state index in [1.807, 2.05) is 49.4 Å². The molecule has 0 aliphatic carbocycles. The molecule has 40 heavy (non-hydrogen) atoms. The van der Waals surface area contributed by atoms with Gasteiger partial charge in [0.15, 0.2) is 6.07 Å². The van der Waals surface area contributed by atoms with Crippen molar-refractivity contribution in [3.8, 4) is 6.07 Å². The molecular formula is C29H36N6O5. The van der Waals surface area contributed by atoms with Gasteiger partial charge in [0.25, 0.3) is 5.91 Å². The number of carbonyl (C=O) groups excluding carboxylic acids is 4. The highest BCUT2D eigenvalue weighted by Crippen LogP contribution is 2.22. The number of carbonyl (C=O) groups is 4. The van der Waals surface area contributed by atoms with Crippen molar-refractivity contribution in [3.63, 3.8) is 0 Å². The van der Waals surface area contributed by atoms with Gasteiger partial charge in [0.05, 0.1) is 11.2 Å². The van der Waals surface area contributed by atoms with Crippen LogP contribution in [0.5, 0.6) is 0 Å². The van der Waals surface area contributed by atoms with Gasteiger partial charge in [-0.3, -0.25) is 24.2 Å². The lowest BCUT2D eigenvalue weighted by atomic mass is 10.0. The van der Waals surface area contributed by atoms with Crippen molar-refractivity contribution in [2.45, 2.75) is 71.7 Å². The maximum atomic E-state index is 13.1. The van der Waals surface area contributed by atoms with Crippen molar-refractivity contribution in [2.75, 3.05) is 6.54 Å². The molecular weight excluding hydrogens is 512 g/mol. The van der Waals surface area contributed by atoms with Crippen LogP contribution in [0.4, 0.5) is 0 Å². The van der Waals surface area contributed by atoms with E-state index in [1.165, 1.54) is 18.0 Å². The number of esters is 1. The highest BCUT2D eigenvalue weighted by Gasteiger charge is 2.33. The SMILES string of the molecule is C/C=C/c1ccc2ccc([C@@H](C)OC(=O)[C@@H]3CCCN(C(=O)[C@H](C)NC(=O)[C@@H](NC(=O)C#N)C(C)C)N3)nc2c1. The number of nitrogens with zero attached hydrogens (tertiary/aromatic N) is 3. The lowest BCUT2D eigenvalue weighted by Crippen LogP contribution is -2.61. The summed E-state index contributed by atoms with van der Waals surface area (Å²) in [6.45, 7) is 8.99. The van der Waals surface area contributed by atoms with Crippen molar-refractivity contribution < 1.29 is 23.9 Å². The van der Waals surface area contributed by atoms with Crippen molar-refractivity contribution in [1.29, 1.82) is 5.26 Å². The predicted octanol–water partition coefficient (Wildman–Crippen LogP) is 2.54. The van der Waals surface area contributed by atoms with Gasteiger partial charge in [0, 0.05) is 11.9 Å². The molecule has 1 saturated heterocycles. The lowest BCUT2D eigenvalue weighted by molar-refractivity contribution is -0.157. The molecule has 4 atom stereocenters. The number of allylic oxidation sites excluding steroid dienone is 1. The smallest absolute Gasteiger partial charge is 0.325 e. The van der Waals surface area contributed by atoms with Crippen LogP contribution in [0.1, 0.15) is 64.8 Å². The molecule has 0 unspecified atom stereocenters. The van der Waals surface area contributed by atoms with Crippen LogP contribution in [0, 0.1) is 17.2 Å².